The summed E-state index contributed by atoms with van der Waals surface area (Å²) in [4.78, 5) is 22.3. The SMILES string of the molecule is CCC(SCCC(=O)Nc1cc(C)on1)C(=O)O. The molecule has 1 aromatic heterocycles. The Morgan fingerprint density at radius 3 is 2.83 bits per heavy atom. The molecule has 7 heteroatoms. The molecule has 0 fully saturated rings. The van der Waals surface area contributed by atoms with Crippen LogP contribution in [0.25, 0.3) is 0 Å². The summed E-state index contributed by atoms with van der Waals surface area (Å²) in [7, 11) is 0. The average molecular weight is 272 g/mol. The van der Waals surface area contributed by atoms with E-state index in [9.17, 15) is 9.59 Å². The van der Waals surface area contributed by atoms with Gasteiger partial charge in [-0.15, -0.1) is 11.8 Å². The second-order valence-electron chi connectivity index (χ2n) is 3.73. The molecule has 18 heavy (non-hydrogen) atoms. The molecule has 0 aromatic carbocycles. The lowest BCUT2D eigenvalue weighted by molar-refractivity contribution is -0.136. The Labute approximate surface area is 109 Å². The lowest BCUT2D eigenvalue weighted by atomic mass is 10.3. The average Bonchev–Trinajstić information content (AvgIpc) is 2.69. The van der Waals surface area contributed by atoms with E-state index in [2.05, 4.69) is 10.5 Å². The molecular weight excluding hydrogens is 256 g/mol. The van der Waals surface area contributed by atoms with Crippen molar-refractivity contribution in [2.45, 2.75) is 31.9 Å². The van der Waals surface area contributed by atoms with E-state index in [1.807, 2.05) is 6.92 Å². The number of carboxylic acid groups (broad SMARTS) is 1. The summed E-state index contributed by atoms with van der Waals surface area (Å²) in [6, 6.07) is 1.62. The van der Waals surface area contributed by atoms with Crippen LogP contribution in [-0.2, 0) is 9.59 Å². The molecule has 6 nitrogen and oxygen atoms in total. The highest BCUT2D eigenvalue weighted by Crippen LogP contribution is 2.16. The van der Waals surface area contributed by atoms with Crippen LogP contribution >= 0.6 is 11.8 Å². The number of thioether (sulfide) groups is 1. The molecule has 0 bridgehead atoms. The van der Waals surface area contributed by atoms with Gasteiger partial charge in [0.05, 0.1) is 0 Å². The number of carboxylic acids is 1. The molecular formula is C11H16N2O4S. The first-order valence-corrected chi connectivity index (χ1v) is 6.65. The van der Waals surface area contributed by atoms with Crippen LogP contribution in [0.4, 0.5) is 5.82 Å². The standard InChI is InChI=1S/C11H16N2O4S/c1-3-8(11(15)16)18-5-4-10(14)12-9-6-7(2)17-13-9/h6,8H,3-5H2,1-2H3,(H,15,16)(H,12,13,14). The minimum Gasteiger partial charge on any atom is -0.480 e. The number of aryl methyl sites for hydroxylation is 1. The molecule has 1 atom stereocenters. The van der Waals surface area contributed by atoms with Gasteiger partial charge in [0.25, 0.3) is 0 Å². The first kappa shape index (κ1) is 14.6. The van der Waals surface area contributed by atoms with Gasteiger partial charge in [0.2, 0.25) is 5.91 Å². The third kappa shape index (κ3) is 4.79. The van der Waals surface area contributed by atoms with Gasteiger partial charge in [0, 0.05) is 18.2 Å². The largest absolute Gasteiger partial charge is 0.480 e. The molecule has 0 aliphatic rings. The Morgan fingerprint density at radius 1 is 1.61 bits per heavy atom. The van der Waals surface area contributed by atoms with E-state index < -0.39 is 11.2 Å². The number of hydrogen-bond donors (Lipinski definition) is 2. The van der Waals surface area contributed by atoms with Gasteiger partial charge in [0.15, 0.2) is 5.82 Å². The fourth-order valence-electron chi connectivity index (χ4n) is 1.29. The smallest absolute Gasteiger partial charge is 0.316 e. The lowest BCUT2D eigenvalue weighted by Gasteiger charge is -2.08. The molecule has 0 spiro atoms. The van der Waals surface area contributed by atoms with Crippen molar-refractivity contribution in [3.05, 3.63) is 11.8 Å². The van der Waals surface area contributed by atoms with E-state index in [1.165, 1.54) is 11.8 Å². The zero-order valence-electron chi connectivity index (χ0n) is 10.3. The summed E-state index contributed by atoms with van der Waals surface area (Å²) in [5.41, 5.74) is 0. The second kappa shape index (κ2) is 7.05. The fourth-order valence-corrected chi connectivity index (χ4v) is 2.25. The van der Waals surface area contributed by atoms with Crippen LogP contribution in [0.5, 0.6) is 0 Å². The Morgan fingerprint density at radius 2 is 2.33 bits per heavy atom. The number of aromatic nitrogens is 1. The predicted molar refractivity (Wildman–Crippen MR) is 68.7 cm³/mol. The van der Waals surface area contributed by atoms with Crippen LogP contribution in [-0.4, -0.2) is 33.1 Å². The quantitative estimate of drug-likeness (QED) is 0.787. The molecule has 0 saturated carbocycles. The highest BCUT2D eigenvalue weighted by molar-refractivity contribution is 8.00. The predicted octanol–water partition coefficient (Wildman–Crippen LogP) is 1.91. The summed E-state index contributed by atoms with van der Waals surface area (Å²) >= 11 is 1.27. The lowest BCUT2D eigenvalue weighted by Crippen LogP contribution is -2.18. The topological polar surface area (TPSA) is 92.4 Å². The first-order chi connectivity index (χ1) is 8.52. The van der Waals surface area contributed by atoms with Crippen LogP contribution in [0.15, 0.2) is 10.6 Å². The summed E-state index contributed by atoms with van der Waals surface area (Å²) < 4.78 is 4.81. The third-order valence-electron chi connectivity index (χ3n) is 2.19. The number of nitrogens with one attached hydrogen (secondary N) is 1. The first-order valence-electron chi connectivity index (χ1n) is 5.60. The molecule has 0 aliphatic carbocycles. The maximum Gasteiger partial charge on any atom is 0.316 e. The summed E-state index contributed by atoms with van der Waals surface area (Å²) in [5, 5.41) is 14.6. The molecule has 1 unspecified atom stereocenters. The highest BCUT2D eigenvalue weighted by Gasteiger charge is 2.15. The van der Waals surface area contributed by atoms with E-state index in [0.717, 1.165) is 0 Å². The normalized spacial score (nSPS) is 12.1. The zero-order chi connectivity index (χ0) is 13.5. The van der Waals surface area contributed by atoms with Crippen molar-refractivity contribution >= 4 is 29.5 Å². The molecule has 100 valence electrons. The van der Waals surface area contributed by atoms with Crippen molar-refractivity contribution in [3.8, 4) is 0 Å². The molecule has 1 amide bonds. The van der Waals surface area contributed by atoms with Crippen molar-refractivity contribution in [1.29, 1.82) is 0 Å². The van der Waals surface area contributed by atoms with Gasteiger partial charge in [-0.1, -0.05) is 12.1 Å². The monoisotopic (exact) mass is 272 g/mol. The molecule has 0 radical (unpaired) electrons. The summed E-state index contributed by atoms with van der Waals surface area (Å²) in [6.07, 6.45) is 0.796. The molecule has 0 saturated heterocycles. The minimum atomic E-state index is -0.838. The molecule has 1 heterocycles. The van der Waals surface area contributed by atoms with Crippen LogP contribution in [0.1, 0.15) is 25.5 Å². The van der Waals surface area contributed by atoms with Crippen LogP contribution in [0.3, 0.4) is 0 Å². The van der Waals surface area contributed by atoms with Crippen LogP contribution < -0.4 is 5.32 Å². The van der Waals surface area contributed by atoms with Crippen molar-refractivity contribution in [2.75, 3.05) is 11.1 Å². The minimum absolute atomic E-state index is 0.198. The molecule has 1 aromatic rings. The number of aliphatic carboxylic acids is 1. The number of carbonyl (C=O) groups excluding carboxylic acids is 1. The second-order valence-corrected chi connectivity index (χ2v) is 5.04. The van der Waals surface area contributed by atoms with Gasteiger partial charge < -0.3 is 14.9 Å². The number of nitrogens with zero attached hydrogens (tertiary/aromatic N) is 1. The van der Waals surface area contributed by atoms with Gasteiger partial charge in [0.1, 0.15) is 11.0 Å². The van der Waals surface area contributed by atoms with E-state index in [-0.39, 0.29) is 12.3 Å². The van der Waals surface area contributed by atoms with Crippen molar-refractivity contribution in [1.82, 2.24) is 5.16 Å². The third-order valence-corrected chi connectivity index (χ3v) is 3.57. The van der Waals surface area contributed by atoms with Gasteiger partial charge >= 0.3 is 5.97 Å². The van der Waals surface area contributed by atoms with Gasteiger partial charge in [-0.25, -0.2) is 0 Å². The van der Waals surface area contributed by atoms with Gasteiger partial charge in [-0.3, -0.25) is 9.59 Å². The van der Waals surface area contributed by atoms with Crippen molar-refractivity contribution < 1.29 is 19.2 Å². The Hall–Kier alpha value is -1.50. The maximum atomic E-state index is 11.5. The number of anilines is 1. The van der Waals surface area contributed by atoms with Crippen LogP contribution in [0.2, 0.25) is 0 Å². The zero-order valence-corrected chi connectivity index (χ0v) is 11.1. The van der Waals surface area contributed by atoms with Gasteiger partial charge in [-0.05, 0) is 13.3 Å². The fraction of sp³-hybridized carbons (Fsp3) is 0.545. The number of amides is 1. The van der Waals surface area contributed by atoms with Gasteiger partial charge in [-0.2, -0.15) is 0 Å². The Balaban J connectivity index is 2.27. The van der Waals surface area contributed by atoms with E-state index in [4.69, 9.17) is 9.63 Å². The summed E-state index contributed by atoms with van der Waals surface area (Å²) in [6.45, 7) is 3.54. The number of rotatable bonds is 7. The van der Waals surface area contributed by atoms with E-state index in [0.29, 0.717) is 23.8 Å². The highest BCUT2D eigenvalue weighted by atomic mass is 32.2. The maximum absolute atomic E-state index is 11.5. The molecule has 0 aliphatic heterocycles. The Bertz CT molecular complexity index is 419. The van der Waals surface area contributed by atoms with Crippen molar-refractivity contribution in [2.24, 2.45) is 0 Å². The van der Waals surface area contributed by atoms with Crippen molar-refractivity contribution in [3.63, 3.8) is 0 Å². The summed E-state index contributed by atoms with van der Waals surface area (Å²) in [5.74, 6) is 0.434. The molecule has 2 N–H and O–H groups in total. The number of hydrogen-bond acceptors (Lipinski definition) is 5. The Kier molecular flexibility index (Phi) is 5.70. The van der Waals surface area contributed by atoms with E-state index >= 15 is 0 Å². The number of carbonyl (C=O) groups is 2. The van der Waals surface area contributed by atoms with E-state index in [1.54, 1.807) is 13.0 Å². The molecule has 1 rings (SSSR count). The van der Waals surface area contributed by atoms with Crippen LogP contribution in [0, 0.1) is 6.92 Å².